The molecule has 5 nitrogen and oxygen atoms in total. The van der Waals surface area contributed by atoms with Crippen LogP contribution in [0.5, 0.6) is 0 Å². The zero-order chi connectivity index (χ0) is 19.3. The molecule has 0 aromatic heterocycles. The highest BCUT2D eigenvalue weighted by molar-refractivity contribution is 6.39. The first-order valence-corrected chi connectivity index (χ1v) is 7.98. The van der Waals surface area contributed by atoms with Crippen LogP contribution in [-0.2, 0) is 19.9 Å². The molecule has 0 heterocycles. The topological polar surface area (TPSA) is 67.4 Å². The third-order valence-corrected chi connectivity index (χ3v) is 4.09. The van der Waals surface area contributed by atoms with Crippen molar-refractivity contribution < 1.29 is 23.1 Å². The average Bonchev–Trinajstić information content (AvgIpc) is 2.61. The highest BCUT2D eigenvalue weighted by atomic mass is 35.5. The van der Waals surface area contributed by atoms with Crippen molar-refractivity contribution in [2.75, 3.05) is 19.0 Å². The Hall–Kier alpha value is -2.51. The Morgan fingerprint density at radius 2 is 1.88 bits per heavy atom. The molecule has 0 bridgehead atoms. The molecule has 2 N–H and O–H groups in total. The molecule has 0 aliphatic carbocycles. The number of hydrogen-bond acceptors (Lipinski definition) is 3. The van der Waals surface area contributed by atoms with Crippen molar-refractivity contribution in [1.29, 1.82) is 0 Å². The lowest BCUT2D eigenvalue weighted by Crippen LogP contribution is -2.44. The monoisotopic (exact) mass is 382 g/mol. The Morgan fingerprint density at radius 3 is 2.50 bits per heavy atom. The number of hydrogen-bond donors (Lipinski definition) is 2. The van der Waals surface area contributed by atoms with E-state index in [1.165, 1.54) is 7.11 Å². The molecule has 1 unspecified atom stereocenters. The van der Waals surface area contributed by atoms with Crippen molar-refractivity contribution in [2.45, 2.75) is 12.5 Å². The van der Waals surface area contributed by atoms with Gasteiger partial charge in [-0.25, -0.2) is 8.78 Å². The van der Waals surface area contributed by atoms with Gasteiger partial charge in [-0.05, 0) is 36.8 Å². The number of nitrogens with one attached hydrogen (secondary N) is 2. The van der Waals surface area contributed by atoms with Crippen molar-refractivity contribution in [3.05, 3.63) is 64.7 Å². The largest absolute Gasteiger partial charge is 0.372 e. The van der Waals surface area contributed by atoms with Crippen molar-refractivity contribution in [1.82, 2.24) is 5.32 Å². The number of ether oxygens (including phenoxy) is 1. The summed E-state index contributed by atoms with van der Waals surface area (Å²) in [6, 6.07) is 9.50. The van der Waals surface area contributed by atoms with Crippen LogP contribution in [0.4, 0.5) is 14.5 Å². The van der Waals surface area contributed by atoms with Crippen molar-refractivity contribution in [2.24, 2.45) is 0 Å². The molecule has 0 aliphatic rings. The van der Waals surface area contributed by atoms with E-state index in [4.69, 9.17) is 16.3 Å². The first-order chi connectivity index (χ1) is 12.2. The summed E-state index contributed by atoms with van der Waals surface area (Å²) in [5.41, 5.74) is -0.518. The number of benzene rings is 2. The second kappa shape index (κ2) is 8.25. The Bertz CT molecular complexity index is 832. The molecule has 2 aromatic carbocycles. The van der Waals surface area contributed by atoms with Gasteiger partial charge in [0.2, 0.25) is 0 Å². The lowest BCUT2D eigenvalue weighted by molar-refractivity contribution is -0.137. The van der Waals surface area contributed by atoms with Crippen LogP contribution in [0.2, 0.25) is 5.02 Å². The Morgan fingerprint density at radius 1 is 1.15 bits per heavy atom. The van der Waals surface area contributed by atoms with E-state index in [9.17, 15) is 18.4 Å². The minimum atomic E-state index is -1.08. The summed E-state index contributed by atoms with van der Waals surface area (Å²) in [5, 5.41) is 5.01. The van der Waals surface area contributed by atoms with Gasteiger partial charge in [-0.2, -0.15) is 0 Å². The van der Waals surface area contributed by atoms with E-state index >= 15 is 0 Å². The number of anilines is 1. The van der Waals surface area contributed by atoms with Crippen LogP contribution >= 0.6 is 11.6 Å². The van der Waals surface area contributed by atoms with Crippen LogP contribution in [0.1, 0.15) is 12.5 Å². The van der Waals surface area contributed by atoms with Gasteiger partial charge in [0.05, 0.1) is 12.2 Å². The normalized spacial score (nSPS) is 13.0. The summed E-state index contributed by atoms with van der Waals surface area (Å²) < 4.78 is 31.9. The predicted molar refractivity (Wildman–Crippen MR) is 93.8 cm³/mol. The number of amides is 2. The van der Waals surface area contributed by atoms with Crippen LogP contribution < -0.4 is 10.6 Å². The molecule has 2 aromatic rings. The summed E-state index contributed by atoms with van der Waals surface area (Å²) in [5.74, 6) is -3.84. The molecule has 0 radical (unpaired) electrons. The van der Waals surface area contributed by atoms with Crippen LogP contribution in [0, 0.1) is 11.6 Å². The highest BCUT2D eigenvalue weighted by Crippen LogP contribution is 2.26. The zero-order valence-corrected chi connectivity index (χ0v) is 14.9. The molecule has 8 heteroatoms. The molecule has 0 aliphatic heterocycles. The van der Waals surface area contributed by atoms with Gasteiger partial charge in [0.25, 0.3) is 0 Å². The maximum Gasteiger partial charge on any atom is 0.313 e. The standard InChI is InChI=1S/C18H17ClF2N2O3/c1-18(26-2,11-4-3-5-12(19)8-11)10-22-16(24)17(25)23-15-7-6-13(20)9-14(15)21/h3-9H,10H2,1-2H3,(H,22,24)(H,23,25). The minimum Gasteiger partial charge on any atom is -0.372 e. The van der Waals surface area contributed by atoms with E-state index in [1.54, 1.807) is 31.2 Å². The maximum atomic E-state index is 13.5. The van der Waals surface area contributed by atoms with Crippen LogP contribution in [-0.4, -0.2) is 25.5 Å². The van der Waals surface area contributed by atoms with Crippen molar-refractivity contribution >= 4 is 29.1 Å². The van der Waals surface area contributed by atoms with E-state index in [-0.39, 0.29) is 12.2 Å². The van der Waals surface area contributed by atoms with Gasteiger partial charge in [-0.3, -0.25) is 9.59 Å². The van der Waals surface area contributed by atoms with Gasteiger partial charge in [0.1, 0.15) is 17.2 Å². The van der Waals surface area contributed by atoms with Gasteiger partial charge in [0, 0.05) is 18.2 Å². The van der Waals surface area contributed by atoms with Crippen molar-refractivity contribution in [3.8, 4) is 0 Å². The first-order valence-electron chi connectivity index (χ1n) is 7.60. The van der Waals surface area contributed by atoms with Crippen LogP contribution in [0.15, 0.2) is 42.5 Å². The van der Waals surface area contributed by atoms with Gasteiger partial charge in [-0.15, -0.1) is 0 Å². The molecule has 2 amide bonds. The summed E-state index contributed by atoms with van der Waals surface area (Å²) in [6.07, 6.45) is 0. The third-order valence-electron chi connectivity index (χ3n) is 3.86. The quantitative estimate of drug-likeness (QED) is 0.780. The molecule has 0 saturated heterocycles. The predicted octanol–water partition coefficient (Wildman–Crippen LogP) is 3.23. The van der Waals surface area contributed by atoms with E-state index in [2.05, 4.69) is 10.6 Å². The fourth-order valence-electron chi connectivity index (χ4n) is 2.21. The number of carbonyl (C=O) groups excluding carboxylic acids is 2. The molecule has 0 fully saturated rings. The number of carbonyl (C=O) groups is 2. The second-order valence-corrected chi connectivity index (χ2v) is 6.14. The summed E-state index contributed by atoms with van der Waals surface area (Å²) in [7, 11) is 1.46. The van der Waals surface area contributed by atoms with E-state index in [1.807, 2.05) is 0 Å². The molecule has 0 spiro atoms. The van der Waals surface area contributed by atoms with E-state index in [0.29, 0.717) is 16.7 Å². The molecular formula is C18H17ClF2N2O3. The molecule has 26 heavy (non-hydrogen) atoms. The van der Waals surface area contributed by atoms with Gasteiger partial charge >= 0.3 is 11.8 Å². The van der Waals surface area contributed by atoms with E-state index in [0.717, 1.165) is 12.1 Å². The van der Waals surface area contributed by atoms with Gasteiger partial charge in [-0.1, -0.05) is 23.7 Å². The highest BCUT2D eigenvalue weighted by Gasteiger charge is 2.28. The van der Waals surface area contributed by atoms with Crippen LogP contribution in [0.25, 0.3) is 0 Å². The Labute approximate surface area is 154 Å². The lowest BCUT2D eigenvalue weighted by Gasteiger charge is -2.29. The lowest BCUT2D eigenvalue weighted by atomic mass is 9.95. The van der Waals surface area contributed by atoms with Gasteiger partial charge < -0.3 is 15.4 Å². The third kappa shape index (κ3) is 4.77. The number of halogens is 3. The Balaban J connectivity index is 2.03. The first kappa shape index (κ1) is 19.8. The summed E-state index contributed by atoms with van der Waals surface area (Å²) in [4.78, 5) is 23.9. The fraction of sp³-hybridized carbons (Fsp3) is 0.222. The Kier molecular flexibility index (Phi) is 6.28. The minimum absolute atomic E-state index is 0.0258. The van der Waals surface area contributed by atoms with Gasteiger partial charge in [0.15, 0.2) is 0 Å². The number of rotatable bonds is 5. The van der Waals surface area contributed by atoms with Crippen LogP contribution in [0.3, 0.4) is 0 Å². The smallest absolute Gasteiger partial charge is 0.313 e. The molecule has 0 saturated carbocycles. The van der Waals surface area contributed by atoms with E-state index < -0.39 is 29.0 Å². The molecule has 2 rings (SSSR count). The molecule has 1 atom stereocenters. The summed E-state index contributed by atoms with van der Waals surface area (Å²) >= 11 is 5.97. The fourth-order valence-corrected chi connectivity index (χ4v) is 2.40. The average molecular weight is 383 g/mol. The summed E-state index contributed by atoms with van der Waals surface area (Å²) in [6.45, 7) is 1.69. The maximum absolute atomic E-state index is 13.5. The molecule has 138 valence electrons. The molecular weight excluding hydrogens is 366 g/mol. The SMILES string of the molecule is COC(C)(CNC(=O)C(=O)Nc1ccc(F)cc1F)c1cccc(Cl)c1. The van der Waals surface area contributed by atoms with Crippen molar-refractivity contribution in [3.63, 3.8) is 0 Å². The second-order valence-electron chi connectivity index (χ2n) is 5.71. The zero-order valence-electron chi connectivity index (χ0n) is 14.1. The number of methoxy groups -OCH3 is 1.